The second-order valence-electron chi connectivity index (χ2n) is 4.04. The quantitative estimate of drug-likeness (QED) is 0.884. The molecule has 2 rings (SSSR count). The summed E-state index contributed by atoms with van der Waals surface area (Å²) in [7, 11) is 0. The first-order valence-corrected chi connectivity index (χ1v) is 6.18. The molecule has 0 aliphatic carbocycles. The van der Waals surface area contributed by atoms with Crippen LogP contribution in [0.4, 0.5) is 0 Å². The summed E-state index contributed by atoms with van der Waals surface area (Å²) in [5.74, 6) is -0.182. The molecule has 5 nitrogen and oxygen atoms in total. The highest BCUT2D eigenvalue weighted by Gasteiger charge is 2.09. The standard InChI is InChI=1S/C11H13N3O2S/c1-7(2)13-9(15)5-14-6-12-10-8(11(14)16)3-4-17-10/h3-4,6-7H,5H2,1-2H3,(H,13,15). The topological polar surface area (TPSA) is 64.0 Å². The molecule has 0 radical (unpaired) electrons. The van der Waals surface area contributed by atoms with Gasteiger partial charge in [0.05, 0.1) is 11.7 Å². The molecule has 0 saturated heterocycles. The fourth-order valence-electron chi connectivity index (χ4n) is 1.53. The number of nitrogens with zero attached hydrogens (tertiary/aromatic N) is 2. The van der Waals surface area contributed by atoms with Crippen molar-refractivity contribution in [1.29, 1.82) is 0 Å². The van der Waals surface area contributed by atoms with Gasteiger partial charge in [0.1, 0.15) is 11.4 Å². The molecule has 1 N–H and O–H groups in total. The van der Waals surface area contributed by atoms with Crippen molar-refractivity contribution in [3.63, 3.8) is 0 Å². The van der Waals surface area contributed by atoms with E-state index in [0.29, 0.717) is 10.2 Å². The van der Waals surface area contributed by atoms with Gasteiger partial charge >= 0.3 is 0 Å². The van der Waals surface area contributed by atoms with Crippen LogP contribution >= 0.6 is 11.3 Å². The Balaban J connectivity index is 2.27. The van der Waals surface area contributed by atoms with Gasteiger partial charge in [0, 0.05) is 6.04 Å². The first-order chi connectivity index (χ1) is 8.08. The summed E-state index contributed by atoms with van der Waals surface area (Å²) in [5.41, 5.74) is -0.171. The summed E-state index contributed by atoms with van der Waals surface area (Å²) in [6.45, 7) is 3.76. The lowest BCUT2D eigenvalue weighted by molar-refractivity contribution is -0.122. The lowest BCUT2D eigenvalue weighted by atomic mass is 10.4. The van der Waals surface area contributed by atoms with Gasteiger partial charge in [0.2, 0.25) is 5.91 Å². The maximum Gasteiger partial charge on any atom is 0.262 e. The molecule has 0 fully saturated rings. The molecule has 0 aromatic carbocycles. The van der Waals surface area contributed by atoms with Crippen LogP contribution in [-0.4, -0.2) is 21.5 Å². The Hall–Kier alpha value is -1.69. The molecular weight excluding hydrogens is 238 g/mol. The third kappa shape index (κ3) is 2.52. The van der Waals surface area contributed by atoms with Crippen molar-refractivity contribution in [3.05, 3.63) is 28.1 Å². The Labute approximate surface area is 102 Å². The molecule has 0 aliphatic rings. The first kappa shape index (κ1) is 11.8. The van der Waals surface area contributed by atoms with Gasteiger partial charge in [-0.15, -0.1) is 11.3 Å². The molecular formula is C11H13N3O2S. The number of fused-ring (bicyclic) bond motifs is 1. The van der Waals surface area contributed by atoms with Gasteiger partial charge in [-0.25, -0.2) is 4.98 Å². The van der Waals surface area contributed by atoms with E-state index >= 15 is 0 Å². The van der Waals surface area contributed by atoms with E-state index in [1.54, 1.807) is 6.07 Å². The molecule has 90 valence electrons. The molecule has 17 heavy (non-hydrogen) atoms. The van der Waals surface area contributed by atoms with E-state index in [1.807, 2.05) is 19.2 Å². The normalized spacial score (nSPS) is 11.0. The first-order valence-electron chi connectivity index (χ1n) is 5.30. The Morgan fingerprint density at radius 1 is 1.59 bits per heavy atom. The fourth-order valence-corrected chi connectivity index (χ4v) is 2.25. The summed E-state index contributed by atoms with van der Waals surface area (Å²) in [6.07, 6.45) is 1.42. The van der Waals surface area contributed by atoms with E-state index < -0.39 is 0 Å². The number of thiophene rings is 1. The van der Waals surface area contributed by atoms with Crippen LogP contribution in [0.2, 0.25) is 0 Å². The van der Waals surface area contributed by atoms with Gasteiger partial charge < -0.3 is 5.32 Å². The van der Waals surface area contributed by atoms with Gasteiger partial charge in [-0.2, -0.15) is 0 Å². The van der Waals surface area contributed by atoms with E-state index in [2.05, 4.69) is 10.3 Å². The van der Waals surface area contributed by atoms with Crippen LogP contribution in [0.5, 0.6) is 0 Å². The Bertz CT molecular complexity index is 600. The molecule has 2 heterocycles. The van der Waals surface area contributed by atoms with E-state index in [-0.39, 0.29) is 24.1 Å². The van der Waals surface area contributed by atoms with Crippen molar-refractivity contribution in [3.8, 4) is 0 Å². The van der Waals surface area contributed by atoms with Crippen LogP contribution in [0, 0.1) is 0 Å². The lowest BCUT2D eigenvalue weighted by Gasteiger charge is -2.09. The van der Waals surface area contributed by atoms with E-state index in [0.717, 1.165) is 0 Å². The Morgan fingerprint density at radius 2 is 2.35 bits per heavy atom. The van der Waals surface area contributed by atoms with Gasteiger partial charge in [-0.1, -0.05) is 0 Å². The zero-order chi connectivity index (χ0) is 12.4. The smallest absolute Gasteiger partial charge is 0.262 e. The number of amides is 1. The number of hydrogen-bond acceptors (Lipinski definition) is 4. The minimum atomic E-state index is -0.182. The summed E-state index contributed by atoms with van der Waals surface area (Å²) >= 11 is 1.41. The number of carbonyl (C=O) groups excluding carboxylic acids is 1. The number of aromatic nitrogens is 2. The molecule has 2 aromatic rings. The summed E-state index contributed by atoms with van der Waals surface area (Å²) in [6, 6.07) is 1.79. The van der Waals surface area contributed by atoms with Crippen molar-refractivity contribution >= 4 is 27.5 Å². The van der Waals surface area contributed by atoms with Crippen LogP contribution in [-0.2, 0) is 11.3 Å². The Morgan fingerprint density at radius 3 is 3.06 bits per heavy atom. The predicted molar refractivity (Wildman–Crippen MR) is 67.2 cm³/mol. The van der Waals surface area contributed by atoms with Crippen molar-refractivity contribution in [2.24, 2.45) is 0 Å². The third-order valence-corrected chi connectivity index (χ3v) is 3.03. The SMILES string of the molecule is CC(C)NC(=O)Cn1cnc2sccc2c1=O. The second kappa shape index (κ2) is 4.67. The summed E-state index contributed by atoms with van der Waals surface area (Å²) in [5, 5.41) is 5.12. The van der Waals surface area contributed by atoms with E-state index in [1.165, 1.54) is 22.2 Å². The van der Waals surface area contributed by atoms with E-state index in [9.17, 15) is 9.59 Å². The molecule has 0 atom stereocenters. The van der Waals surface area contributed by atoms with Gasteiger partial charge in [0.15, 0.2) is 0 Å². The molecule has 0 aliphatic heterocycles. The Kier molecular flexibility index (Phi) is 3.23. The van der Waals surface area contributed by atoms with Gasteiger partial charge in [-0.3, -0.25) is 14.2 Å². The molecule has 0 spiro atoms. The molecule has 0 saturated carbocycles. The van der Waals surface area contributed by atoms with Crippen LogP contribution in [0.15, 0.2) is 22.6 Å². The van der Waals surface area contributed by atoms with Crippen molar-refractivity contribution in [1.82, 2.24) is 14.9 Å². The maximum atomic E-state index is 12.0. The minimum Gasteiger partial charge on any atom is -0.352 e. The fraction of sp³-hybridized carbons (Fsp3) is 0.364. The number of rotatable bonds is 3. The van der Waals surface area contributed by atoms with Crippen molar-refractivity contribution in [2.75, 3.05) is 0 Å². The molecule has 1 amide bonds. The average Bonchev–Trinajstić information content (AvgIpc) is 2.69. The highest BCUT2D eigenvalue weighted by Crippen LogP contribution is 2.12. The van der Waals surface area contributed by atoms with Crippen molar-refractivity contribution < 1.29 is 4.79 Å². The van der Waals surface area contributed by atoms with E-state index in [4.69, 9.17) is 0 Å². The maximum absolute atomic E-state index is 12.0. The molecule has 6 heteroatoms. The predicted octanol–water partition coefficient (Wildman–Crippen LogP) is 0.983. The second-order valence-corrected chi connectivity index (χ2v) is 4.93. The van der Waals surface area contributed by atoms with Gasteiger partial charge in [-0.05, 0) is 25.3 Å². The van der Waals surface area contributed by atoms with Crippen molar-refractivity contribution in [2.45, 2.75) is 26.4 Å². The molecule has 2 aromatic heterocycles. The summed E-state index contributed by atoms with van der Waals surface area (Å²) < 4.78 is 1.33. The van der Waals surface area contributed by atoms with Crippen LogP contribution in [0.25, 0.3) is 10.2 Å². The third-order valence-electron chi connectivity index (χ3n) is 2.21. The number of nitrogens with one attached hydrogen (secondary N) is 1. The van der Waals surface area contributed by atoms with Crippen LogP contribution in [0.1, 0.15) is 13.8 Å². The zero-order valence-electron chi connectivity index (χ0n) is 9.64. The lowest BCUT2D eigenvalue weighted by Crippen LogP contribution is -2.36. The average molecular weight is 251 g/mol. The molecule has 0 unspecified atom stereocenters. The minimum absolute atomic E-state index is 0.00972. The molecule has 0 bridgehead atoms. The van der Waals surface area contributed by atoms with Crippen LogP contribution < -0.4 is 10.9 Å². The zero-order valence-corrected chi connectivity index (χ0v) is 10.5. The number of carbonyl (C=O) groups is 1. The highest BCUT2D eigenvalue weighted by atomic mass is 32.1. The van der Waals surface area contributed by atoms with Crippen LogP contribution in [0.3, 0.4) is 0 Å². The highest BCUT2D eigenvalue weighted by molar-refractivity contribution is 7.16. The monoisotopic (exact) mass is 251 g/mol. The van der Waals surface area contributed by atoms with Gasteiger partial charge in [0.25, 0.3) is 5.56 Å². The summed E-state index contributed by atoms with van der Waals surface area (Å²) in [4.78, 5) is 28.4. The largest absolute Gasteiger partial charge is 0.352 e. The number of hydrogen-bond donors (Lipinski definition) is 1.